The molecule has 0 aliphatic heterocycles. The summed E-state index contributed by atoms with van der Waals surface area (Å²) >= 11 is 0. The lowest BCUT2D eigenvalue weighted by atomic mass is 10.0. The normalized spacial score (nSPS) is 11.8. The molecule has 1 amide bonds. The van der Waals surface area contributed by atoms with Crippen LogP contribution in [0.3, 0.4) is 0 Å². The van der Waals surface area contributed by atoms with Gasteiger partial charge >= 0.3 is 0 Å². The Balaban J connectivity index is 1.63. The molecule has 0 spiro atoms. The average molecular weight is 531 g/mol. The molecule has 0 saturated heterocycles. The summed E-state index contributed by atoms with van der Waals surface area (Å²) < 4.78 is 3.02. The standard InChI is InChI=1S/C30H26N8O2/c1-4-15-32-28-26(27(31)36-37(28)3)29(39)35-19(2)24-16-22-10-8-9-21(14-13-20-17-33-34-18-20)25(22)30(40)38(24)23-11-6-5-7-12-23/h4-12,15-19H,1H2,2-3H3,(H2,31,36)(H,33,34)(H,35,39)/b32-15-. The fourth-order valence-corrected chi connectivity index (χ4v) is 4.47. The maximum atomic E-state index is 14.1. The van der Waals surface area contributed by atoms with Crippen LogP contribution in [-0.2, 0) is 7.05 Å². The van der Waals surface area contributed by atoms with Gasteiger partial charge in [0.05, 0.1) is 23.2 Å². The summed E-state index contributed by atoms with van der Waals surface area (Å²) in [5, 5.41) is 14.9. The van der Waals surface area contributed by atoms with Crippen molar-refractivity contribution in [1.82, 2.24) is 29.9 Å². The molecule has 0 fully saturated rings. The van der Waals surface area contributed by atoms with E-state index >= 15 is 0 Å². The number of hydrogen-bond donors (Lipinski definition) is 3. The van der Waals surface area contributed by atoms with Gasteiger partial charge in [0, 0.05) is 36.4 Å². The zero-order chi connectivity index (χ0) is 28.2. The van der Waals surface area contributed by atoms with Crippen LogP contribution >= 0.6 is 0 Å². The summed E-state index contributed by atoms with van der Waals surface area (Å²) in [4.78, 5) is 31.8. The number of para-hydroxylation sites is 1. The summed E-state index contributed by atoms with van der Waals surface area (Å²) in [7, 11) is 1.65. The molecule has 5 aromatic rings. The number of allylic oxidation sites excluding steroid dienone is 1. The number of aromatic nitrogens is 5. The van der Waals surface area contributed by atoms with E-state index in [9.17, 15) is 9.59 Å². The van der Waals surface area contributed by atoms with E-state index in [2.05, 4.69) is 44.0 Å². The van der Waals surface area contributed by atoms with Crippen molar-refractivity contribution in [2.24, 2.45) is 12.0 Å². The maximum Gasteiger partial charge on any atom is 0.264 e. The molecular formula is C30H26N8O2. The third kappa shape index (κ3) is 4.91. The molecule has 0 radical (unpaired) electrons. The van der Waals surface area contributed by atoms with Gasteiger partial charge in [-0.2, -0.15) is 10.2 Å². The molecule has 40 heavy (non-hydrogen) atoms. The smallest absolute Gasteiger partial charge is 0.264 e. The Kier molecular flexibility index (Phi) is 7.11. The quantitative estimate of drug-likeness (QED) is 0.227. The fraction of sp³-hybridized carbons (Fsp3) is 0.100. The largest absolute Gasteiger partial charge is 0.381 e. The van der Waals surface area contributed by atoms with Crippen LogP contribution in [0.25, 0.3) is 16.5 Å². The van der Waals surface area contributed by atoms with Crippen molar-refractivity contribution in [3.05, 3.63) is 112 Å². The lowest BCUT2D eigenvalue weighted by Gasteiger charge is -2.21. The molecule has 3 heterocycles. The molecular weight excluding hydrogens is 504 g/mol. The van der Waals surface area contributed by atoms with Crippen LogP contribution < -0.4 is 16.6 Å². The number of H-pyrrole nitrogens is 1. The second-order valence-corrected chi connectivity index (χ2v) is 8.97. The minimum absolute atomic E-state index is 0.0446. The van der Waals surface area contributed by atoms with Crippen LogP contribution in [0, 0.1) is 11.8 Å². The number of fused-ring (bicyclic) bond motifs is 1. The van der Waals surface area contributed by atoms with Gasteiger partial charge in [0.1, 0.15) is 5.56 Å². The van der Waals surface area contributed by atoms with Crippen LogP contribution in [0.5, 0.6) is 0 Å². The molecule has 5 rings (SSSR count). The predicted octanol–water partition coefficient (Wildman–Crippen LogP) is 3.81. The van der Waals surface area contributed by atoms with E-state index in [1.807, 2.05) is 54.6 Å². The number of carbonyl (C=O) groups excluding carboxylic acids is 1. The van der Waals surface area contributed by atoms with Gasteiger partial charge in [-0.05, 0) is 36.6 Å². The van der Waals surface area contributed by atoms with Crippen LogP contribution in [0.1, 0.15) is 40.1 Å². The van der Waals surface area contributed by atoms with Crippen molar-refractivity contribution in [2.45, 2.75) is 13.0 Å². The van der Waals surface area contributed by atoms with Gasteiger partial charge in [-0.25, -0.2) is 9.67 Å². The van der Waals surface area contributed by atoms with Crippen LogP contribution in [0.15, 0.2) is 89.4 Å². The van der Waals surface area contributed by atoms with Gasteiger partial charge in [-0.15, -0.1) is 0 Å². The van der Waals surface area contributed by atoms with Crippen LogP contribution in [-0.4, -0.2) is 36.7 Å². The number of nitrogens with zero attached hydrogens (tertiary/aromatic N) is 5. The second-order valence-electron chi connectivity index (χ2n) is 8.97. The van der Waals surface area contributed by atoms with Crippen molar-refractivity contribution >= 4 is 34.5 Å². The summed E-state index contributed by atoms with van der Waals surface area (Å²) in [5.41, 5.74) is 8.47. The number of nitrogen functional groups attached to an aromatic ring is 1. The lowest BCUT2D eigenvalue weighted by Crippen LogP contribution is -2.32. The topological polar surface area (TPSA) is 136 Å². The molecule has 4 N–H and O–H groups in total. The zero-order valence-corrected chi connectivity index (χ0v) is 21.9. The van der Waals surface area contributed by atoms with Crippen molar-refractivity contribution in [2.75, 3.05) is 5.73 Å². The van der Waals surface area contributed by atoms with Crippen molar-refractivity contribution in [3.8, 4) is 17.5 Å². The highest BCUT2D eigenvalue weighted by atomic mass is 16.2. The average Bonchev–Trinajstić information content (AvgIpc) is 3.57. The van der Waals surface area contributed by atoms with E-state index in [1.165, 1.54) is 17.0 Å². The Labute approximate surface area is 229 Å². The Morgan fingerprint density at radius 1 is 1.20 bits per heavy atom. The summed E-state index contributed by atoms with van der Waals surface area (Å²) in [6.45, 7) is 5.43. The van der Waals surface area contributed by atoms with Gasteiger partial charge in [-0.1, -0.05) is 54.8 Å². The van der Waals surface area contributed by atoms with E-state index < -0.39 is 11.9 Å². The summed E-state index contributed by atoms with van der Waals surface area (Å²) in [5.74, 6) is 6.02. The first-order chi connectivity index (χ1) is 19.4. The Morgan fingerprint density at radius 3 is 2.73 bits per heavy atom. The first-order valence-corrected chi connectivity index (χ1v) is 12.4. The summed E-state index contributed by atoms with van der Waals surface area (Å²) in [6, 6.07) is 16.1. The molecule has 0 aliphatic rings. The lowest BCUT2D eigenvalue weighted by molar-refractivity contribution is 0.0940. The van der Waals surface area contributed by atoms with E-state index in [4.69, 9.17) is 5.73 Å². The Bertz CT molecular complexity index is 1870. The van der Waals surface area contributed by atoms with Gasteiger partial charge in [0.25, 0.3) is 11.5 Å². The molecule has 198 valence electrons. The molecule has 0 bridgehead atoms. The van der Waals surface area contributed by atoms with Crippen LogP contribution in [0.2, 0.25) is 0 Å². The molecule has 10 nitrogen and oxygen atoms in total. The third-order valence-electron chi connectivity index (χ3n) is 6.29. The van der Waals surface area contributed by atoms with Gasteiger partial charge in [-0.3, -0.25) is 19.3 Å². The van der Waals surface area contributed by atoms with Gasteiger partial charge in [0.2, 0.25) is 0 Å². The highest BCUT2D eigenvalue weighted by Gasteiger charge is 2.24. The van der Waals surface area contributed by atoms with E-state index in [-0.39, 0.29) is 16.9 Å². The van der Waals surface area contributed by atoms with E-state index in [1.54, 1.807) is 30.9 Å². The minimum atomic E-state index is -0.596. The molecule has 1 unspecified atom stereocenters. The molecule has 2 aromatic carbocycles. The highest BCUT2D eigenvalue weighted by Crippen LogP contribution is 2.27. The number of aliphatic imine (C=N–C) groups is 1. The number of pyridine rings is 1. The Morgan fingerprint density at radius 2 is 2.00 bits per heavy atom. The first kappa shape index (κ1) is 25.9. The number of anilines is 1. The van der Waals surface area contributed by atoms with Crippen LogP contribution in [0.4, 0.5) is 11.6 Å². The van der Waals surface area contributed by atoms with E-state index in [0.29, 0.717) is 39.1 Å². The summed E-state index contributed by atoms with van der Waals surface area (Å²) in [6.07, 6.45) is 6.26. The zero-order valence-electron chi connectivity index (χ0n) is 21.9. The van der Waals surface area contributed by atoms with Gasteiger partial charge < -0.3 is 11.1 Å². The van der Waals surface area contributed by atoms with Crippen molar-refractivity contribution < 1.29 is 4.79 Å². The predicted molar refractivity (Wildman–Crippen MR) is 156 cm³/mol. The van der Waals surface area contributed by atoms with Crippen molar-refractivity contribution in [3.63, 3.8) is 0 Å². The maximum absolute atomic E-state index is 14.1. The molecule has 1 atom stereocenters. The van der Waals surface area contributed by atoms with Crippen molar-refractivity contribution in [1.29, 1.82) is 0 Å². The fourth-order valence-electron chi connectivity index (χ4n) is 4.47. The SMILES string of the molecule is C=C/C=N\c1c(C(=O)NC(C)c2cc3cccc(C#Cc4cn[nH]c4)c3c(=O)n2-c2ccccc2)c(N)nn1C. The number of aryl methyl sites for hydroxylation is 1. The highest BCUT2D eigenvalue weighted by molar-refractivity contribution is 6.03. The first-order valence-electron chi connectivity index (χ1n) is 12.4. The minimum Gasteiger partial charge on any atom is -0.381 e. The number of aromatic amines is 1. The van der Waals surface area contributed by atoms with E-state index in [0.717, 1.165) is 0 Å². The molecule has 0 aliphatic carbocycles. The number of rotatable bonds is 6. The third-order valence-corrected chi connectivity index (χ3v) is 6.29. The number of hydrogen-bond acceptors (Lipinski definition) is 6. The Hall–Kier alpha value is -5.69. The van der Waals surface area contributed by atoms with Gasteiger partial charge in [0.15, 0.2) is 11.6 Å². The molecule has 3 aromatic heterocycles. The number of benzene rings is 2. The molecule has 0 saturated carbocycles. The number of nitrogens with two attached hydrogens (primary N) is 1. The number of amides is 1. The number of nitrogens with one attached hydrogen (secondary N) is 2. The molecule has 10 heteroatoms. The number of carbonyl (C=O) groups is 1. The second kappa shape index (κ2) is 11.0. The monoisotopic (exact) mass is 530 g/mol.